The van der Waals surface area contributed by atoms with Crippen LogP contribution in [0.5, 0.6) is 0 Å². The molecule has 0 aliphatic rings. The number of rotatable bonds is 6. The van der Waals surface area contributed by atoms with Crippen LogP contribution in [0.4, 0.5) is 13.2 Å². The van der Waals surface area contributed by atoms with Gasteiger partial charge in [0.15, 0.2) is 17.5 Å². The Balaban J connectivity index is 1.32. The van der Waals surface area contributed by atoms with Crippen molar-refractivity contribution in [2.45, 2.75) is 11.6 Å². The van der Waals surface area contributed by atoms with E-state index >= 15 is 13.2 Å². The first-order valence-corrected chi connectivity index (χ1v) is 17.2. The van der Waals surface area contributed by atoms with Crippen LogP contribution < -0.4 is 0 Å². The van der Waals surface area contributed by atoms with Gasteiger partial charge in [0.1, 0.15) is 5.41 Å². The maximum atomic E-state index is 16.7. The molecule has 9 aromatic rings. The van der Waals surface area contributed by atoms with Gasteiger partial charge in [-0.15, -0.1) is 0 Å². The molecule has 0 saturated carbocycles. The number of halogens is 3. The lowest BCUT2D eigenvalue weighted by Crippen LogP contribution is -2.44. The summed E-state index contributed by atoms with van der Waals surface area (Å²) in [4.78, 5) is 14.6. The number of aryl methyl sites for hydroxylation is 6. The van der Waals surface area contributed by atoms with Crippen LogP contribution in [0.15, 0.2) is 110 Å². The van der Waals surface area contributed by atoms with E-state index in [2.05, 4.69) is 0 Å². The smallest absolute Gasteiger partial charge is 0.348 e. The minimum absolute atomic E-state index is 0.0684. The predicted octanol–water partition coefficient (Wildman–Crippen LogP) is 8.26. The Kier molecular flexibility index (Phi) is 6.98. The Morgan fingerprint density at radius 1 is 0.434 bits per heavy atom. The van der Waals surface area contributed by atoms with E-state index in [4.69, 9.17) is 15.0 Å². The highest BCUT2D eigenvalue weighted by atomic mass is 19.4. The topological polar surface area (TPSA) is 68.2 Å². The molecule has 266 valence electrons. The minimum Gasteiger partial charge on any atom is -0.348 e. The van der Waals surface area contributed by atoms with Gasteiger partial charge in [0.25, 0.3) is 0 Å². The van der Waals surface area contributed by atoms with Crippen molar-refractivity contribution in [3.8, 4) is 34.6 Å². The molecular weight excluding hydrogens is 676 g/mol. The summed E-state index contributed by atoms with van der Waals surface area (Å²) in [6, 6.07) is 28.0. The zero-order chi connectivity index (χ0) is 37.0. The molecule has 0 N–H and O–H groups in total. The van der Waals surface area contributed by atoms with Crippen molar-refractivity contribution in [3.05, 3.63) is 126 Å². The molecule has 0 fully saturated rings. The van der Waals surface area contributed by atoms with Gasteiger partial charge in [0.2, 0.25) is 0 Å². The number of hydrogen-bond acceptors (Lipinski definition) is 3. The molecule has 6 heterocycles. The molecule has 3 aromatic carbocycles. The van der Waals surface area contributed by atoms with E-state index in [1.165, 1.54) is 0 Å². The molecule has 9 rings (SSSR count). The first-order chi connectivity index (χ1) is 25.4. The lowest BCUT2D eigenvalue weighted by molar-refractivity contribution is -0.166. The third kappa shape index (κ3) is 4.60. The average molecular weight is 712 g/mol. The van der Waals surface area contributed by atoms with Gasteiger partial charge in [0, 0.05) is 60.9 Å². The Labute approximate surface area is 302 Å². The van der Waals surface area contributed by atoms with Crippen LogP contribution in [0, 0.1) is 0 Å². The quantitative estimate of drug-likeness (QED) is 0.175. The van der Waals surface area contributed by atoms with Gasteiger partial charge in [-0.1, -0.05) is 36.4 Å². The zero-order valence-electron chi connectivity index (χ0n) is 30.1. The lowest BCUT2D eigenvalue weighted by atomic mass is 9.71. The second-order valence-corrected chi connectivity index (χ2v) is 13.9. The van der Waals surface area contributed by atoms with Crippen LogP contribution in [-0.4, -0.2) is 48.5 Å². The molecular formula is C41H36F3N9. The maximum absolute atomic E-state index is 16.7. The molecule has 6 aromatic heterocycles. The Bertz CT molecular complexity index is 2570. The van der Waals surface area contributed by atoms with Gasteiger partial charge < -0.3 is 27.4 Å². The molecule has 0 atom stereocenters. The van der Waals surface area contributed by atoms with Crippen molar-refractivity contribution in [2.24, 2.45) is 42.3 Å². The summed E-state index contributed by atoms with van der Waals surface area (Å²) in [7, 11) is 11.0. The highest BCUT2D eigenvalue weighted by Crippen LogP contribution is 2.54. The van der Waals surface area contributed by atoms with Gasteiger partial charge in [-0.25, -0.2) is 15.0 Å². The Morgan fingerprint density at radius 3 is 0.981 bits per heavy atom. The standard InChI is InChI=1S/C41H36F3N9/c1-48-22-25(19-34(48)37-45-28-13-7-10-16-31(28)51(37)4)40(41(42,43)44,26-20-35(49(2)23-26)38-46-29-14-8-11-17-32(29)52(38)5)27-21-36(50(3)24-27)39-47-30-15-9-12-18-33(30)53(39)6/h7-24H,1-6H3. The van der Waals surface area contributed by atoms with Crippen molar-refractivity contribution in [1.29, 1.82) is 0 Å². The molecule has 0 bridgehead atoms. The summed E-state index contributed by atoms with van der Waals surface area (Å²) in [6.07, 6.45) is -0.0309. The summed E-state index contributed by atoms with van der Waals surface area (Å²) in [6.45, 7) is 0. The Hall–Kier alpha value is -6.30. The highest BCUT2D eigenvalue weighted by Gasteiger charge is 2.60. The van der Waals surface area contributed by atoms with Gasteiger partial charge in [-0.05, 0) is 71.3 Å². The summed E-state index contributed by atoms with van der Waals surface area (Å²) in [5.41, 5.74) is 4.24. The van der Waals surface area contributed by atoms with E-state index in [0.717, 1.165) is 33.1 Å². The average Bonchev–Trinajstić information content (AvgIpc) is 3.98. The predicted molar refractivity (Wildman–Crippen MR) is 201 cm³/mol. The molecule has 0 radical (unpaired) electrons. The largest absolute Gasteiger partial charge is 0.406 e. The van der Waals surface area contributed by atoms with Crippen LogP contribution in [-0.2, 0) is 47.7 Å². The fourth-order valence-corrected chi connectivity index (χ4v) is 8.09. The van der Waals surface area contributed by atoms with Crippen LogP contribution in [0.25, 0.3) is 67.7 Å². The van der Waals surface area contributed by atoms with Crippen molar-refractivity contribution in [2.75, 3.05) is 0 Å². The van der Waals surface area contributed by atoms with E-state index in [1.807, 2.05) is 108 Å². The number of alkyl halides is 3. The first kappa shape index (κ1) is 32.6. The van der Waals surface area contributed by atoms with Crippen molar-refractivity contribution >= 4 is 33.1 Å². The fraction of sp³-hybridized carbons (Fsp3) is 0.195. The Morgan fingerprint density at radius 2 is 0.717 bits per heavy atom. The fourth-order valence-electron chi connectivity index (χ4n) is 8.09. The van der Waals surface area contributed by atoms with E-state index < -0.39 is 11.6 Å². The van der Waals surface area contributed by atoms with Gasteiger partial charge in [-0.3, -0.25) is 0 Å². The number of benzene rings is 3. The van der Waals surface area contributed by atoms with Crippen LogP contribution >= 0.6 is 0 Å². The third-order valence-electron chi connectivity index (χ3n) is 10.8. The van der Waals surface area contributed by atoms with E-state index in [0.29, 0.717) is 34.6 Å². The number of imidazole rings is 3. The third-order valence-corrected chi connectivity index (χ3v) is 10.8. The van der Waals surface area contributed by atoms with Gasteiger partial charge >= 0.3 is 6.18 Å². The van der Waals surface area contributed by atoms with Crippen LogP contribution in [0.2, 0.25) is 0 Å². The summed E-state index contributed by atoms with van der Waals surface area (Å²) in [5.74, 6) is 1.70. The second-order valence-electron chi connectivity index (χ2n) is 13.9. The SMILES string of the molecule is Cn1cc(C(c2cc(-c3nc4ccccc4n3C)n(C)c2)(c2cc(-c3nc4ccccc4n3C)n(C)c2)C(F)(F)F)cc1-c1nc2ccccc2n1C. The van der Waals surface area contributed by atoms with E-state index in [-0.39, 0.29) is 16.7 Å². The molecule has 0 unspecified atom stereocenters. The highest BCUT2D eigenvalue weighted by molar-refractivity contribution is 5.82. The second kappa shape index (κ2) is 11.3. The molecule has 0 amide bonds. The number of hydrogen-bond donors (Lipinski definition) is 0. The number of nitrogens with zero attached hydrogens (tertiary/aromatic N) is 9. The van der Waals surface area contributed by atoms with Crippen molar-refractivity contribution in [3.63, 3.8) is 0 Å². The van der Waals surface area contributed by atoms with Crippen LogP contribution in [0.1, 0.15) is 16.7 Å². The summed E-state index contributed by atoms with van der Waals surface area (Å²) in [5, 5.41) is 0. The molecule has 53 heavy (non-hydrogen) atoms. The van der Waals surface area contributed by atoms with E-state index in [9.17, 15) is 0 Å². The monoisotopic (exact) mass is 711 g/mol. The molecule has 9 nitrogen and oxygen atoms in total. The maximum Gasteiger partial charge on any atom is 0.406 e. The van der Waals surface area contributed by atoms with Crippen LogP contribution in [0.3, 0.4) is 0 Å². The number of fused-ring (bicyclic) bond motifs is 3. The zero-order valence-corrected chi connectivity index (χ0v) is 30.1. The first-order valence-electron chi connectivity index (χ1n) is 17.2. The lowest BCUT2D eigenvalue weighted by Gasteiger charge is -2.35. The minimum atomic E-state index is -4.80. The molecule has 12 heteroatoms. The molecule has 0 aliphatic heterocycles. The summed E-state index contributed by atoms with van der Waals surface area (Å²) < 4.78 is 61.1. The van der Waals surface area contributed by atoms with Crippen molar-refractivity contribution in [1.82, 2.24) is 42.4 Å². The van der Waals surface area contributed by atoms with E-state index in [1.54, 1.807) is 71.6 Å². The molecule has 0 saturated heterocycles. The normalized spacial score (nSPS) is 12.6. The van der Waals surface area contributed by atoms with Crippen molar-refractivity contribution < 1.29 is 13.2 Å². The number of aromatic nitrogens is 9. The van der Waals surface area contributed by atoms with Gasteiger partial charge in [0.05, 0.1) is 50.2 Å². The molecule has 0 spiro atoms. The number of para-hydroxylation sites is 6. The van der Waals surface area contributed by atoms with Gasteiger partial charge in [-0.2, -0.15) is 13.2 Å². The summed E-state index contributed by atoms with van der Waals surface area (Å²) >= 11 is 0. The molecule has 0 aliphatic carbocycles.